The molecule has 1 N–H and O–H groups in total. The second kappa shape index (κ2) is 8.81. The number of hydrazine groups is 1. The van der Waals surface area contributed by atoms with Gasteiger partial charge in [-0.2, -0.15) is 0 Å². The van der Waals surface area contributed by atoms with Crippen molar-refractivity contribution in [3.05, 3.63) is 113 Å². The number of benzene rings is 4. The van der Waals surface area contributed by atoms with Gasteiger partial charge in [0, 0.05) is 16.1 Å². The fourth-order valence-electron chi connectivity index (χ4n) is 3.78. The molecule has 1 aliphatic rings. The molecule has 1 saturated heterocycles. The summed E-state index contributed by atoms with van der Waals surface area (Å²) < 4.78 is 6.12. The van der Waals surface area contributed by atoms with Crippen molar-refractivity contribution in [2.75, 3.05) is 5.01 Å². The average molecular weight is 455 g/mol. The standard InChI is InChI=1S/C27H19ClN2O3/c28-24-13-7-5-9-19(24)17-33-25-15-14-18-8-4-6-12-21(18)22(25)16-23-26(31)29-30(27(23)32)20-10-2-1-3-11-20/h1-16H,17H2,(H,29,31). The van der Waals surface area contributed by atoms with E-state index in [9.17, 15) is 9.59 Å². The van der Waals surface area contributed by atoms with Crippen molar-refractivity contribution in [1.29, 1.82) is 0 Å². The zero-order valence-electron chi connectivity index (χ0n) is 17.5. The summed E-state index contributed by atoms with van der Waals surface area (Å²) in [5, 5.41) is 3.71. The summed E-state index contributed by atoms with van der Waals surface area (Å²) in [6, 6.07) is 28.0. The van der Waals surface area contributed by atoms with Crippen LogP contribution in [0.3, 0.4) is 0 Å². The Morgan fingerprint density at radius 1 is 0.848 bits per heavy atom. The lowest BCUT2D eigenvalue weighted by atomic mass is 10.0. The van der Waals surface area contributed by atoms with Gasteiger partial charge in [-0.1, -0.05) is 78.3 Å². The number of para-hydroxylation sites is 1. The number of rotatable bonds is 5. The van der Waals surface area contributed by atoms with Gasteiger partial charge in [0.1, 0.15) is 17.9 Å². The van der Waals surface area contributed by atoms with Crippen molar-refractivity contribution >= 4 is 46.0 Å². The van der Waals surface area contributed by atoms with Crippen molar-refractivity contribution in [2.24, 2.45) is 0 Å². The van der Waals surface area contributed by atoms with E-state index in [4.69, 9.17) is 16.3 Å². The lowest BCUT2D eigenvalue weighted by Gasteiger charge is -2.14. The quantitative estimate of drug-likeness (QED) is 0.318. The SMILES string of the molecule is O=C1NN(c2ccccc2)C(=O)C1=Cc1c(OCc2ccccc2Cl)ccc2ccccc12. The van der Waals surface area contributed by atoms with Gasteiger partial charge in [-0.3, -0.25) is 15.0 Å². The highest BCUT2D eigenvalue weighted by atomic mass is 35.5. The molecule has 0 saturated carbocycles. The van der Waals surface area contributed by atoms with E-state index in [1.54, 1.807) is 18.2 Å². The molecule has 0 aliphatic carbocycles. The molecule has 6 heteroatoms. The van der Waals surface area contributed by atoms with Gasteiger partial charge in [0.25, 0.3) is 11.8 Å². The highest BCUT2D eigenvalue weighted by Gasteiger charge is 2.34. The lowest BCUT2D eigenvalue weighted by molar-refractivity contribution is -0.117. The van der Waals surface area contributed by atoms with Crippen LogP contribution in [-0.4, -0.2) is 11.8 Å². The molecule has 0 atom stereocenters. The summed E-state index contributed by atoms with van der Waals surface area (Å²) in [6.45, 7) is 0.254. The molecule has 1 heterocycles. The first kappa shape index (κ1) is 20.8. The number of hydrogen-bond donors (Lipinski definition) is 1. The Morgan fingerprint density at radius 2 is 1.58 bits per heavy atom. The maximum absolute atomic E-state index is 13.1. The number of anilines is 1. The van der Waals surface area contributed by atoms with Crippen LogP contribution >= 0.6 is 11.6 Å². The average Bonchev–Trinajstić information content (AvgIpc) is 3.13. The molecule has 2 amide bonds. The molecule has 5 nitrogen and oxygen atoms in total. The molecule has 0 unspecified atom stereocenters. The summed E-state index contributed by atoms with van der Waals surface area (Å²) >= 11 is 6.28. The summed E-state index contributed by atoms with van der Waals surface area (Å²) in [6.07, 6.45) is 1.60. The molecule has 0 spiro atoms. The van der Waals surface area contributed by atoms with Gasteiger partial charge in [-0.15, -0.1) is 0 Å². The smallest absolute Gasteiger partial charge is 0.282 e. The first-order valence-corrected chi connectivity index (χ1v) is 10.8. The number of carbonyl (C=O) groups is 2. The van der Waals surface area contributed by atoms with Gasteiger partial charge in [0.05, 0.1) is 5.69 Å². The highest BCUT2D eigenvalue weighted by molar-refractivity contribution is 6.32. The maximum Gasteiger partial charge on any atom is 0.282 e. The second-order valence-corrected chi connectivity index (χ2v) is 7.96. The first-order valence-electron chi connectivity index (χ1n) is 10.4. The highest BCUT2D eigenvalue weighted by Crippen LogP contribution is 2.33. The van der Waals surface area contributed by atoms with Gasteiger partial charge < -0.3 is 4.74 Å². The summed E-state index contributed by atoms with van der Waals surface area (Å²) in [5.41, 5.74) is 4.78. The van der Waals surface area contributed by atoms with E-state index in [2.05, 4.69) is 5.43 Å². The largest absolute Gasteiger partial charge is 0.488 e. The molecule has 0 radical (unpaired) electrons. The van der Waals surface area contributed by atoms with Crippen molar-refractivity contribution in [1.82, 2.24) is 5.43 Å². The van der Waals surface area contributed by atoms with E-state index in [1.165, 1.54) is 5.01 Å². The third-order valence-corrected chi connectivity index (χ3v) is 5.83. The molecule has 1 fully saturated rings. The minimum absolute atomic E-state index is 0.0396. The minimum Gasteiger partial charge on any atom is -0.488 e. The molecule has 0 aromatic heterocycles. The third-order valence-electron chi connectivity index (χ3n) is 5.47. The van der Waals surface area contributed by atoms with Crippen LogP contribution in [0.15, 0.2) is 96.6 Å². The van der Waals surface area contributed by atoms with E-state index in [1.807, 2.05) is 78.9 Å². The van der Waals surface area contributed by atoms with Gasteiger partial charge in [-0.25, -0.2) is 5.01 Å². The molecule has 4 aromatic carbocycles. The van der Waals surface area contributed by atoms with Crippen LogP contribution in [0.5, 0.6) is 5.75 Å². The molecule has 33 heavy (non-hydrogen) atoms. The molecule has 0 bridgehead atoms. The zero-order valence-corrected chi connectivity index (χ0v) is 18.3. The Kier molecular flexibility index (Phi) is 5.55. The Balaban J connectivity index is 1.56. The summed E-state index contributed by atoms with van der Waals surface area (Å²) in [7, 11) is 0. The Labute approximate surface area is 195 Å². The number of hydrogen-bond acceptors (Lipinski definition) is 3. The first-order chi connectivity index (χ1) is 16.1. The minimum atomic E-state index is -0.464. The zero-order chi connectivity index (χ0) is 22.8. The van der Waals surface area contributed by atoms with Crippen LogP contribution in [0.2, 0.25) is 5.02 Å². The number of halogens is 1. The van der Waals surface area contributed by atoms with Gasteiger partial charge >= 0.3 is 0 Å². The lowest BCUT2D eigenvalue weighted by Crippen LogP contribution is -2.35. The van der Waals surface area contributed by atoms with E-state index in [-0.39, 0.29) is 12.2 Å². The summed E-state index contributed by atoms with van der Waals surface area (Å²) in [4.78, 5) is 25.9. The molecule has 5 rings (SSSR count). The predicted molar refractivity (Wildman–Crippen MR) is 130 cm³/mol. The van der Waals surface area contributed by atoms with E-state index in [0.29, 0.717) is 22.0 Å². The van der Waals surface area contributed by atoms with Crippen LogP contribution in [0.4, 0.5) is 5.69 Å². The second-order valence-electron chi connectivity index (χ2n) is 7.55. The van der Waals surface area contributed by atoms with Gasteiger partial charge in [0.2, 0.25) is 0 Å². The predicted octanol–water partition coefficient (Wildman–Crippen LogP) is 5.53. The fraction of sp³-hybridized carbons (Fsp3) is 0.0370. The number of fused-ring (bicyclic) bond motifs is 1. The van der Waals surface area contributed by atoms with Crippen LogP contribution in [0.25, 0.3) is 16.8 Å². The fourth-order valence-corrected chi connectivity index (χ4v) is 3.97. The van der Waals surface area contributed by atoms with Crippen LogP contribution < -0.4 is 15.2 Å². The Morgan fingerprint density at radius 3 is 2.39 bits per heavy atom. The number of ether oxygens (including phenoxy) is 1. The molecular formula is C27H19ClN2O3. The molecule has 1 aliphatic heterocycles. The molecule has 162 valence electrons. The van der Waals surface area contributed by atoms with Crippen molar-refractivity contribution in [3.8, 4) is 5.75 Å². The van der Waals surface area contributed by atoms with E-state index >= 15 is 0 Å². The maximum atomic E-state index is 13.1. The van der Waals surface area contributed by atoms with E-state index in [0.717, 1.165) is 16.3 Å². The van der Waals surface area contributed by atoms with Crippen molar-refractivity contribution < 1.29 is 14.3 Å². The van der Waals surface area contributed by atoms with Gasteiger partial charge in [0.15, 0.2) is 0 Å². The normalized spacial score (nSPS) is 14.7. The third kappa shape index (κ3) is 4.06. The Hall–Kier alpha value is -4.09. The van der Waals surface area contributed by atoms with Crippen LogP contribution in [0, 0.1) is 0 Å². The van der Waals surface area contributed by atoms with Crippen molar-refractivity contribution in [2.45, 2.75) is 6.61 Å². The topological polar surface area (TPSA) is 58.6 Å². The summed E-state index contributed by atoms with van der Waals surface area (Å²) in [5.74, 6) is -0.329. The van der Waals surface area contributed by atoms with Crippen LogP contribution in [0.1, 0.15) is 11.1 Å². The molecule has 4 aromatic rings. The van der Waals surface area contributed by atoms with Crippen molar-refractivity contribution in [3.63, 3.8) is 0 Å². The van der Waals surface area contributed by atoms with Gasteiger partial charge in [-0.05, 0) is 41.1 Å². The number of amides is 2. The van der Waals surface area contributed by atoms with E-state index < -0.39 is 11.8 Å². The number of nitrogens with one attached hydrogen (secondary N) is 1. The monoisotopic (exact) mass is 454 g/mol. The van der Waals surface area contributed by atoms with Crippen LogP contribution in [-0.2, 0) is 16.2 Å². The molecular weight excluding hydrogens is 436 g/mol. The Bertz CT molecular complexity index is 1400. The number of nitrogens with zero attached hydrogens (tertiary/aromatic N) is 1. The number of carbonyl (C=O) groups excluding carboxylic acids is 2.